The van der Waals surface area contributed by atoms with Crippen LogP contribution >= 0.6 is 0 Å². The van der Waals surface area contributed by atoms with Gasteiger partial charge >= 0.3 is 12.0 Å². The van der Waals surface area contributed by atoms with Gasteiger partial charge in [-0.1, -0.05) is 20.8 Å². The predicted molar refractivity (Wildman–Crippen MR) is 106 cm³/mol. The van der Waals surface area contributed by atoms with E-state index >= 15 is 0 Å². The first kappa shape index (κ1) is 20.7. The number of anilines is 1. The lowest BCUT2D eigenvalue weighted by molar-refractivity contribution is 0.0520. The van der Waals surface area contributed by atoms with Gasteiger partial charge < -0.3 is 15.0 Å². The summed E-state index contributed by atoms with van der Waals surface area (Å²) < 4.78 is 5.04. The van der Waals surface area contributed by atoms with Crippen LogP contribution in [0.4, 0.5) is 10.5 Å². The van der Waals surface area contributed by atoms with Crippen LogP contribution in [0.1, 0.15) is 51.0 Å². The zero-order valence-electron chi connectivity index (χ0n) is 17.2. The van der Waals surface area contributed by atoms with E-state index in [0.717, 1.165) is 12.8 Å². The van der Waals surface area contributed by atoms with Gasteiger partial charge in [0.05, 0.1) is 24.1 Å². The zero-order chi connectivity index (χ0) is 21.0. The highest BCUT2D eigenvalue weighted by molar-refractivity contribution is 5.96. The monoisotopic (exact) mass is 401 g/mol. The molecule has 0 saturated carbocycles. The fourth-order valence-corrected chi connectivity index (χ4v) is 3.49. The van der Waals surface area contributed by atoms with Gasteiger partial charge in [-0.25, -0.2) is 14.6 Å². The smallest absolute Gasteiger partial charge is 0.357 e. The summed E-state index contributed by atoms with van der Waals surface area (Å²) in [5, 5.41) is 16.6. The minimum absolute atomic E-state index is 0.0669. The lowest BCUT2D eigenvalue weighted by Crippen LogP contribution is -2.43. The van der Waals surface area contributed by atoms with Crippen LogP contribution in [0.5, 0.6) is 0 Å². The Balaban J connectivity index is 1.74. The van der Waals surface area contributed by atoms with E-state index in [2.05, 4.69) is 51.7 Å². The van der Waals surface area contributed by atoms with Crippen molar-refractivity contribution in [1.29, 1.82) is 0 Å². The van der Waals surface area contributed by atoms with Crippen LogP contribution in [-0.4, -0.2) is 62.2 Å². The lowest BCUT2D eigenvalue weighted by Gasteiger charge is -2.38. The summed E-state index contributed by atoms with van der Waals surface area (Å²) in [6.45, 7) is 10.1. The van der Waals surface area contributed by atoms with Crippen LogP contribution in [0.25, 0.3) is 11.4 Å². The van der Waals surface area contributed by atoms with E-state index in [1.165, 1.54) is 6.20 Å². The molecule has 10 heteroatoms. The summed E-state index contributed by atoms with van der Waals surface area (Å²) in [6, 6.07) is 1.41. The highest BCUT2D eigenvalue weighted by Crippen LogP contribution is 2.34. The number of carbonyl (C=O) groups excluding carboxylic acids is 2. The van der Waals surface area contributed by atoms with Crippen LogP contribution in [0.3, 0.4) is 0 Å². The Morgan fingerprint density at radius 2 is 2.03 bits per heavy atom. The summed E-state index contributed by atoms with van der Waals surface area (Å²) in [4.78, 5) is 30.8. The third-order valence-corrected chi connectivity index (χ3v) is 5.20. The number of hydrogen-bond donors (Lipinski definition) is 2. The van der Waals surface area contributed by atoms with E-state index in [9.17, 15) is 9.59 Å². The van der Waals surface area contributed by atoms with Crippen LogP contribution in [-0.2, 0) is 4.74 Å². The van der Waals surface area contributed by atoms with Crippen LogP contribution < -0.4 is 5.32 Å². The first-order valence-electron chi connectivity index (χ1n) is 9.76. The third-order valence-electron chi connectivity index (χ3n) is 5.20. The minimum Gasteiger partial charge on any atom is -0.461 e. The second-order valence-electron chi connectivity index (χ2n) is 8.13. The number of piperidine rings is 1. The largest absolute Gasteiger partial charge is 0.461 e. The fourth-order valence-electron chi connectivity index (χ4n) is 3.49. The van der Waals surface area contributed by atoms with Crippen molar-refractivity contribution < 1.29 is 14.3 Å². The molecule has 0 aromatic carbocycles. The number of ether oxygens (including phenoxy) is 1. The molecule has 0 bridgehead atoms. The van der Waals surface area contributed by atoms with Crippen molar-refractivity contribution in [2.24, 2.45) is 11.3 Å². The van der Waals surface area contributed by atoms with E-state index in [1.54, 1.807) is 17.9 Å². The molecule has 1 aliphatic heterocycles. The molecular weight excluding hydrogens is 374 g/mol. The van der Waals surface area contributed by atoms with Gasteiger partial charge in [0.25, 0.3) is 0 Å². The molecule has 0 unspecified atom stereocenters. The van der Waals surface area contributed by atoms with Gasteiger partial charge in [-0.3, -0.25) is 0 Å². The predicted octanol–water partition coefficient (Wildman–Crippen LogP) is 2.73. The molecule has 1 saturated heterocycles. The van der Waals surface area contributed by atoms with Crippen LogP contribution in [0.2, 0.25) is 0 Å². The van der Waals surface area contributed by atoms with Gasteiger partial charge in [-0.2, -0.15) is 5.21 Å². The van der Waals surface area contributed by atoms with Gasteiger partial charge in [0, 0.05) is 13.1 Å². The van der Waals surface area contributed by atoms with Crippen molar-refractivity contribution in [3.8, 4) is 11.4 Å². The number of tetrazole rings is 1. The molecule has 2 aromatic heterocycles. The van der Waals surface area contributed by atoms with Gasteiger partial charge in [0.1, 0.15) is 0 Å². The number of hydrogen-bond acceptors (Lipinski definition) is 7. The zero-order valence-corrected chi connectivity index (χ0v) is 17.2. The summed E-state index contributed by atoms with van der Waals surface area (Å²) in [5.41, 5.74) is 1.09. The number of esters is 1. The Bertz CT molecular complexity index is 853. The van der Waals surface area contributed by atoms with E-state index in [4.69, 9.17) is 4.74 Å². The summed E-state index contributed by atoms with van der Waals surface area (Å²) in [5.74, 6) is 0.207. The molecule has 1 fully saturated rings. The average Bonchev–Trinajstić information content (AvgIpc) is 3.22. The summed E-state index contributed by atoms with van der Waals surface area (Å²) in [7, 11) is 0. The number of aromatic nitrogens is 5. The molecule has 3 heterocycles. The van der Waals surface area contributed by atoms with Crippen molar-refractivity contribution in [1.82, 2.24) is 30.5 Å². The quantitative estimate of drug-likeness (QED) is 0.754. The molecule has 2 amide bonds. The second-order valence-corrected chi connectivity index (χ2v) is 8.13. The molecule has 0 aliphatic carbocycles. The van der Waals surface area contributed by atoms with Gasteiger partial charge in [0.15, 0.2) is 5.69 Å². The van der Waals surface area contributed by atoms with E-state index < -0.39 is 5.97 Å². The molecule has 0 atom stereocenters. The lowest BCUT2D eigenvalue weighted by atomic mass is 9.75. The number of likely N-dealkylation sites (tertiary alicyclic amines) is 1. The van der Waals surface area contributed by atoms with Gasteiger partial charge in [-0.05, 0) is 42.4 Å². The maximum Gasteiger partial charge on any atom is 0.357 e. The number of nitrogens with zero attached hydrogens (tertiary/aromatic N) is 5. The maximum atomic E-state index is 12.7. The number of urea groups is 1. The molecule has 0 spiro atoms. The van der Waals surface area contributed by atoms with E-state index in [0.29, 0.717) is 30.3 Å². The number of amides is 2. The second kappa shape index (κ2) is 8.54. The highest BCUT2D eigenvalue weighted by atomic mass is 16.5. The number of rotatable bonds is 4. The standard InChI is InChI=1S/C19H27N7O3/c1-5-29-17(27)15-14(16-22-24-25-23-16)10-13(11-20-15)21-18(28)26-8-6-12(7-9-26)19(2,3)4/h10-12H,5-9H2,1-4H3,(H,21,28)(H,22,23,24,25). The van der Waals surface area contributed by atoms with E-state index in [-0.39, 0.29) is 29.6 Å². The van der Waals surface area contributed by atoms with Crippen molar-refractivity contribution in [2.45, 2.75) is 40.5 Å². The topological polar surface area (TPSA) is 126 Å². The van der Waals surface area contributed by atoms with Crippen molar-refractivity contribution in [3.05, 3.63) is 18.0 Å². The molecule has 0 radical (unpaired) electrons. The third kappa shape index (κ3) is 4.87. The molecule has 2 N–H and O–H groups in total. The van der Waals surface area contributed by atoms with E-state index in [1.807, 2.05) is 0 Å². The highest BCUT2D eigenvalue weighted by Gasteiger charge is 2.30. The molecule has 29 heavy (non-hydrogen) atoms. The van der Waals surface area contributed by atoms with Gasteiger partial charge in [0.2, 0.25) is 5.82 Å². The summed E-state index contributed by atoms with van der Waals surface area (Å²) >= 11 is 0. The molecule has 2 aromatic rings. The molecule has 156 valence electrons. The molecule has 3 rings (SSSR count). The fraction of sp³-hybridized carbons (Fsp3) is 0.579. The SMILES string of the molecule is CCOC(=O)c1ncc(NC(=O)N2CCC(C(C)(C)C)CC2)cc1-c1nn[nH]n1. The Hall–Kier alpha value is -3.04. The number of aromatic amines is 1. The molecule has 1 aliphatic rings. The molecule has 10 nitrogen and oxygen atoms in total. The number of nitrogens with one attached hydrogen (secondary N) is 2. The number of carbonyl (C=O) groups is 2. The first-order valence-corrected chi connectivity index (χ1v) is 9.76. The van der Waals surface area contributed by atoms with Gasteiger partial charge in [-0.15, -0.1) is 10.2 Å². The van der Waals surface area contributed by atoms with Crippen LogP contribution in [0.15, 0.2) is 12.3 Å². The average molecular weight is 401 g/mol. The number of pyridine rings is 1. The normalized spacial score (nSPS) is 15.2. The Labute approximate surface area is 169 Å². The Morgan fingerprint density at radius 3 is 2.62 bits per heavy atom. The number of H-pyrrole nitrogens is 1. The minimum atomic E-state index is -0.588. The van der Waals surface area contributed by atoms with Crippen molar-refractivity contribution in [2.75, 3.05) is 25.0 Å². The van der Waals surface area contributed by atoms with Crippen molar-refractivity contribution >= 4 is 17.7 Å². The first-order chi connectivity index (χ1) is 13.8. The Morgan fingerprint density at radius 1 is 1.31 bits per heavy atom. The van der Waals surface area contributed by atoms with Crippen LogP contribution in [0, 0.1) is 11.3 Å². The summed E-state index contributed by atoms with van der Waals surface area (Å²) in [6.07, 6.45) is 3.38. The molecular formula is C19H27N7O3. The maximum absolute atomic E-state index is 12.7. The Kier molecular flexibility index (Phi) is 6.09. The van der Waals surface area contributed by atoms with Crippen molar-refractivity contribution in [3.63, 3.8) is 0 Å².